The standard InChI is InChI=1S/C23H21NO5S2.C16H14N4O2S.N3.Na/c1-17-10-12-20(13-11-17)31(27,28)29-15-14-18-6-5-9-21-22(16-24-23(18)21)30(25,26)19-7-3-2-4-8-19;17-20-19-10-9-12-5-4-8-14-15(11-18-16(12)14)23(21,22)13-6-2-1-3-7-13;1-3-2;/h2-13,16,24H,14-15H2,1H3;1-8,11,18H,9-10H2;;/q;;-1;+1. The van der Waals surface area contributed by atoms with Crippen LogP contribution >= 0.6 is 0 Å². The molecule has 15 nitrogen and oxygen atoms in total. The van der Waals surface area contributed by atoms with Crippen molar-refractivity contribution in [3.05, 3.63) is 177 Å². The third-order valence-corrected chi connectivity index (χ3v) is 13.6. The van der Waals surface area contributed by atoms with Crippen LogP contribution in [0.15, 0.2) is 163 Å². The van der Waals surface area contributed by atoms with Crippen LogP contribution in [0.25, 0.3) is 48.2 Å². The molecule has 7 aromatic rings. The number of sulfone groups is 2. The van der Waals surface area contributed by atoms with Crippen molar-refractivity contribution in [1.82, 2.24) is 9.97 Å². The van der Waals surface area contributed by atoms with Crippen molar-refractivity contribution in [3.8, 4) is 0 Å². The first-order valence-electron chi connectivity index (χ1n) is 17.1. The Balaban J connectivity index is 0.000000245. The first kappa shape index (κ1) is 45.3. The Hall–Kier alpha value is -5.39. The van der Waals surface area contributed by atoms with Gasteiger partial charge in [-0.1, -0.05) is 95.6 Å². The van der Waals surface area contributed by atoms with E-state index in [1.54, 1.807) is 91.0 Å². The Morgan fingerprint density at radius 1 is 0.586 bits per heavy atom. The number of fused-ring (bicyclic) bond motifs is 2. The molecule has 0 saturated carbocycles. The van der Waals surface area contributed by atoms with Gasteiger partial charge >= 0.3 is 29.6 Å². The number of hydrogen-bond donors (Lipinski definition) is 2. The number of benzene rings is 5. The topological polar surface area (TPSA) is 251 Å². The fourth-order valence-electron chi connectivity index (χ4n) is 5.95. The number of rotatable bonds is 12. The van der Waals surface area contributed by atoms with E-state index in [1.807, 2.05) is 25.1 Å². The second-order valence-electron chi connectivity index (χ2n) is 12.3. The molecular formula is C39H35N8NaO7S3. The van der Waals surface area contributed by atoms with Crippen LogP contribution in [0.1, 0.15) is 16.7 Å². The zero-order valence-electron chi connectivity index (χ0n) is 31.3. The van der Waals surface area contributed by atoms with E-state index in [9.17, 15) is 25.3 Å². The smallest absolute Gasteiger partial charge is 0.373 e. The summed E-state index contributed by atoms with van der Waals surface area (Å²) in [5.74, 6) is 0. The Labute approximate surface area is 357 Å². The number of hydrogen-bond acceptors (Lipinski definition) is 8. The molecule has 0 amide bonds. The van der Waals surface area contributed by atoms with Gasteiger partial charge in [-0.05, 0) is 72.8 Å². The molecule has 0 saturated heterocycles. The first-order valence-corrected chi connectivity index (χ1v) is 21.5. The predicted molar refractivity (Wildman–Crippen MR) is 216 cm³/mol. The molecule has 58 heavy (non-hydrogen) atoms. The quantitative estimate of drug-likeness (QED) is 0.0489. The summed E-state index contributed by atoms with van der Waals surface area (Å²) in [6, 6.07) is 33.8. The van der Waals surface area contributed by atoms with E-state index in [1.165, 1.54) is 29.4 Å². The number of aryl methyl sites for hydroxylation is 1. The fraction of sp³-hybridized carbons (Fsp3) is 0.128. The molecule has 2 N–H and O–H groups in total. The van der Waals surface area contributed by atoms with Crippen molar-refractivity contribution in [2.24, 2.45) is 5.11 Å². The maximum atomic E-state index is 13.0. The van der Waals surface area contributed by atoms with Crippen LogP contribution in [-0.2, 0) is 46.8 Å². The summed E-state index contributed by atoms with van der Waals surface area (Å²) in [5.41, 5.74) is 25.9. The third-order valence-electron chi connectivity index (χ3n) is 8.68. The molecule has 0 atom stereocenters. The summed E-state index contributed by atoms with van der Waals surface area (Å²) >= 11 is 0. The minimum absolute atomic E-state index is 0. The van der Waals surface area contributed by atoms with Crippen molar-refractivity contribution in [3.63, 3.8) is 0 Å². The van der Waals surface area contributed by atoms with Crippen LogP contribution in [0.3, 0.4) is 0 Å². The van der Waals surface area contributed by atoms with Crippen molar-refractivity contribution in [2.45, 2.75) is 44.2 Å². The Morgan fingerprint density at radius 2 is 1.03 bits per heavy atom. The SMILES string of the molecule is Cc1ccc(S(=O)(=O)OCCc2cccc3c(S(=O)(=O)c4ccccc4)c[nH]c23)cc1.[N-]=[N+]=NCCc1cccc2c(S(=O)(=O)c3ccccc3)c[nH]c12.[N-]=[N+]=[N-].[Na+]. The normalized spacial score (nSPS) is 11.2. The largest absolute Gasteiger partial charge is 1.00 e. The van der Waals surface area contributed by atoms with Crippen molar-refractivity contribution in [1.29, 1.82) is 0 Å². The molecule has 0 spiro atoms. The number of aromatic nitrogens is 2. The molecule has 2 aromatic heterocycles. The summed E-state index contributed by atoms with van der Waals surface area (Å²) in [7, 11) is -11.1. The molecule has 0 bridgehead atoms. The summed E-state index contributed by atoms with van der Waals surface area (Å²) in [4.78, 5) is 11.3. The second-order valence-corrected chi connectivity index (χ2v) is 17.7. The minimum Gasteiger partial charge on any atom is -0.373 e. The van der Waals surface area contributed by atoms with Gasteiger partial charge < -0.3 is 21.0 Å². The number of azide groups is 1. The summed E-state index contributed by atoms with van der Waals surface area (Å²) in [5, 5.41) is 4.73. The Bertz CT molecular complexity index is 2910. The van der Waals surface area contributed by atoms with Gasteiger partial charge in [0.1, 0.15) is 0 Å². The maximum Gasteiger partial charge on any atom is 1.00 e. The van der Waals surface area contributed by atoms with Crippen molar-refractivity contribution >= 4 is 51.6 Å². The second kappa shape index (κ2) is 20.3. The van der Waals surface area contributed by atoms with Crippen LogP contribution in [0.2, 0.25) is 0 Å². The van der Waals surface area contributed by atoms with E-state index in [4.69, 9.17) is 20.8 Å². The molecule has 0 aliphatic rings. The van der Waals surface area contributed by atoms with Crippen molar-refractivity contribution < 1.29 is 59.0 Å². The van der Waals surface area contributed by atoms with Gasteiger partial charge in [0.05, 0.1) is 36.6 Å². The number of para-hydroxylation sites is 2. The van der Waals surface area contributed by atoms with E-state index in [-0.39, 0.29) is 60.6 Å². The van der Waals surface area contributed by atoms with Gasteiger partial charge in [0.15, 0.2) is 0 Å². The van der Waals surface area contributed by atoms with E-state index in [0.717, 1.165) is 22.2 Å². The molecule has 0 aliphatic heterocycles. The molecule has 0 fully saturated rings. The fourth-order valence-corrected chi connectivity index (χ4v) is 9.74. The molecule has 19 heteroatoms. The van der Waals surface area contributed by atoms with E-state index >= 15 is 0 Å². The van der Waals surface area contributed by atoms with E-state index < -0.39 is 29.8 Å². The van der Waals surface area contributed by atoms with Crippen LogP contribution in [0.5, 0.6) is 0 Å². The molecule has 0 unspecified atom stereocenters. The van der Waals surface area contributed by atoms with Gasteiger partial charge in [-0.3, -0.25) is 9.09 Å². The molecule has 7 rings (SSSR count). The number of H-pyrrole nitrogens is 2. The molecule has 2 heterocycles. The molecular weight excluding hydrogens is 812 g/mol. The number of aromatic amines is 2. The van der Waals surface area contributed by atoms with Gasteiger partial charge in [-0.25, -0.2) is 16.8 Å². The molecule has 0 aliphatic carbocycles. The average Bonchev–Trinajstić information content (AvgIpc) is 3.87. The number of nitrogens with one attached hydrogen (secondary N) is 2. The molecule has 0 radical (unpaired) electrons. The van der Waals surface area contributed by atoms with Crippen LogP contribution < -0.4 is 29.6 Å². The summed E-state index contributed by atoms with van der Waals surface area (Å²) in [6.07, 6.45) is 3.84. The van der Waals surface area contributed by atoms with Gasteiger partial charge in [-0.2, -0.15) is 8.42 Å². The monoisotopic (exact) mass is 846 g/mol. The van der Waals surface area contributed by atoms with Crippen LogP contribution in [0.4, 0.5) is 0 Å². The summed E-state index contributed by atoms with van der Waals surface area (Å²) < 4.78 is 81.6. The zero-order valence-corrected chi connectivity index (χ0v) is 35.7. The molecule has 292 valence electrons. The van der Waals surface area contributed by atoms with Crippen molar-refractivity contribution in [2.75, 3.05) is 13.2 Å². The Kier molecular flexibility index (Phi) is 15.9. The molecule has 5 aromatic carbocycles. The predicted octanol–water partition coefficient (Wildman–Crippen LogP) is 5.98. The first-order chi connectivity index (χ1) is 27.3. The van der Waals surface area contributed by atoms with Gasteiger partial charge in [0.25, 0.3) is 10.1 Å². The third kappa shape index (κ3) is 10.6. The van der Waals surface area contributed by atoms with Crippen LogP contribution in [-0.4, -0.2) is 48.4 Å². The maximum absolute atomic E-state index is 13.0. The Morgan fingerprint density at radius 3 is 1.48 bits per heavy atom. The minimum atomic E-state index is -3.86. The zero-order chi connectivity index (χ0) is 41.1. The van der Waals surface area contributed by atoms with E-state index in [2.05, 4.69) is 20.0 Å². The van der Waals surface area contributed by atoms with Gasteiger partial charge in [0.2, 0.25) is 19.7 Å². The van der Waals surface area contributed by atoms with Crippen LogP contribution in [0, 0.1) is 6.92 Å². The van der Waals surface area contributed by atoms with E-state index in [0.29, 0.717) is 35.7 Å². The average molecular weight is 847 g/mol. The number of nitrogens with zero attached hydrogens (tertiary/aromatic N) is 6. The van der Waals surface area contributed by atoms with Gasteiger partial charge in [0, 0.05) is 40.1 Å². The summed E-state index contributed by atoms with van der Waals surface area (Å²) in [6.45, 7) is 2.14. The van der Waals surface area contributed by atoms with Gasteiger partial charge in [-0.15, -0.1) is 0 Å².